The van der Waals surface area contributed by atoms with Gasteiger partial charge in [0.2, 0.25) is 0 Å². The maximum atomic E-state index is 5.29. The van der Waals surface area contributed by atoms with Crippen LogP contribution in [0.4, 0.5) is 0 Å². The van der Waals surface area contributed by atoms with Gasteiger partial charge in [0.05, 0.1) is 5.44 Å². The summed E-state index contributed by atoms with van der Waals surface area (Å²) in [6.07, 6.45) is 6.50. The van der Waals surface area contributed by atoms with E-state index in [1.54, 1.807) is 0 Å². The van der Waals surface area contributed by atoms with E-state index >= 15 is 0 Å². The Morgan fingerprint density at radius 2 is 1.82 bits per heavy atom. The molecule has 0 saturated heterocycles. The van der Waals surface area contributed by atoms with E-state index in [-0.39, 0.29) is 5.44 Å². The van der Waals surface area contributed by atoms with E-state index in [9.17, 15) is 0 Å². The molecule has 0 aliphatic rings. The number of rotatable bonds is 7. The van der Waals surface area contributed by atoms with Crippen LogP contribution in [0, 0.1) is 0 Å². The smallest absolute Gasteiger partial charge is 0.0971 e. The molecule has 0 fully saturated rings. The van der Waals surface area contributed by atoms with Crippen LogP contribution in [0.15, 0.2) is 0 Å². The van der Waals surface area contributed by atoms with Crippen LogP contribution in [0.2, 0.25) is 0 Å². The number of thiol groups is 1. The van der Waals surface area contributed by atoms with Crippen molar-refractivity contribution < 1.29 is 4.74 Å². The van der Waals surface area contributed by atoms with E-state index in [1.165, 1.54) is 32.1 Å². The molecule has 0 spiro atoms. The second-order valence-electron chi connectivity index (χ2n) is 2.88. The van der Waals surface area contributed by atoms with Crippen LogP contribution >= 0.6 is 12.6 Å². The monoisotopic (exact) mass is 176 g/mol. The molecule has 11 heavy (non-hydrogen) atoms. The summed E-state index contributed by atoms with van der Waals surface area (Å²) in [5, 5.41) is 0. The second kappa shape index (κ2) is 8.41. The third kappa shape index (κ3) is 10.3. The van der Waals surface area contributed by atoms with E-state index in [0.717, 1.165) is 6.61 Å². The number of ether oxygens (including phenoxy) is 1. The van der Waals surface area contributed by atoms with Crippen molar-refractivity contribution in [2.75, 3.05) is 6.61 Å². The summed E-state index contributed by atoms with van der Waals surface area (Å²) in [7, 11) is 0. The lowest BCUT2D eigenvalue weighted by molar-refractivity contribution is 0.121. The molecule has 0 rings (SSSR count). The van der Waals surface area contributed by atoms with Gasteiger partial charge in [-0.3, -0.25) is 0 Å². The van der Waals surface area contributed by atoms with Crippen molar-refractivity contribution in [1.29, 1.82) is 0 Å². The fourth-order valence-electron chi connectivity index (χ4n) is 0.960. The van der Waals surface area contributed by atoms with Gasteiger partial charge < -0.3 is 4.74 Å². The van der Waals surface area contributed by atoms with Crippen molar-refractivity contribution in [3.8, 4) is 0 Å². The molecule has 0 amide bonds. The van der Waals surface area contributed by atoms with Gasteiger partial charge in [-0.2, -0.15) is 0 Å². The van der Waals surface area contributed by atoms with Crippen molar-refractivity contribution in [2.24, 2.45) is 0 Å². The Balaban J connectivity index is 2.80. The van der Waals surface area contributed by atoms with Crippen LogP contribution in [0.5, 0.6) is 0 Å². The molecule has 0 aromatic carbocycles. The lowest BCUT2D eigenvalue weighted by atomic mass is 10.2. The highest BCUT2D eigenvalue weighted by Gasteiger charge is 1.92. The van der Waals surface area contributed by atoms with Crippen molar-refractivity contribution in [3.63, 3.8) is 0 Å². The molecule has 0 N–H and O–H groups in total. The molecule has 1 nitrogen and oxygen atoms in total. The molecule has 68 valence electrons. The number of hydrogen-bond acceptors (Lipinski definition) is 2. The molecule has 0 radical (unpaired) electrons. The van der Waals surface area contributed by atoms with Gasteiger partial charge in [-0.1, -0.05) is 32.6 Å². The molecule has 1 unspecified atom stereocenters. The lowest BCUT2D eigenvalue weighted by Gasteiger charge is -2.05. The molecular weight excluding hydrogens is 156 g/mol. The van der Waals surface area contributed by atoms with Gasteiger partial charge in [0.1, 0.15) is 0 Å². The van der Waals surface area contributed by atoms with Gasteiger partial charge in [0.15, 0.2) is 0 Å². The minimum atomic E-state index is 0.0983. The molecule has 2 heteroatoms. The van der Waals surface area contributed by atoms with E-state index in [4.69, 9.17) is 4.74 Å². The van der Waals surface area contributed by atoms with Crippen molar-refractivity contribution in [3.05, 3.63) is 0 Å². The van der Waals surface area contributed by atoms with Crippen LogP contribution in [0.1, 0.15) is 46.0 Å². The van der Waals surface area contributed by atoms with E-state index in [1.807, 2.05) is 6.92 Å². The molecule has 0 aromatic heterocycles. The Morgan fingerprint density at radius 1 is 1.18 bits per heavy atom. The van der Waals surface area contributed by atoms with Crippen molar-refractivity contribution in [1.82, 2.24) is 0 Å². The highest BCUT2D eigenvalue weighted by molar-refractivity contribution is 7.80. The zero-order valence-corrected chi connectivity index (χ0v) is 8.57. The van der Waals surface area contributed by atoms with Gasteiger partial charge in [0.25, 0.3) is 0 Å². The standard InChI is InChI=1S/C9H20OS/c1-3-4-5-6-7-8-10-9(2)11/h9,11H,3-8H2,1-2H3. The topological polar surface area (TPSA) is 9.23 Å². The highest BCUT2D eigenvalue weighted by atomic mass is 32.1. The van der Waals surface area contributed by atoms with E-state index < -0.39 is 0 Å². The average molecular weight is 176 g/mol. The molecule has 0 aliphatic heterocycles. The third-order valence-electron chi connectivity index (χ3n) is 1.61. The third-order valence-corrected chi connectivity index (χ3v) is 1.76. The Bertz CT molecular complexity index is 74.0. The van der Waals surface area contributed by atoms with Crippen LogP contribution < -0.4 is 0 Å². The van der Waals surface area contributed by atoms with Gasteiger partial charge >= 0.3 is 0 Å². The Morgan fingerprint density at radius 3 is 2.36 bits per heavy atom. The maximum Gasteiger partial charge on any atom is 0.0971 e. The Hall–Kier alpha value is 0.310. The van der Waals surface area contributed by atoms with Crippen LogP contribution in [0.3, 0.4) is 0 Å². The second-order valence-corrected chi connectivity index (χ2v) is 3.61. The van der Waals surface area contributed by atoms with Gasteiger partial charge in [0, 0.05) is 6.61 Å². The molecule has 0 bridgehead atoms. The Labute approximate surface area is 75.9 Å². The van der Waals surface area contributed by atoms with Gasteiger partial charge in [-0.25, -0.2) is 0 Å². The Kier molecular flexibility index (Phi) is 8.64. The fourth-order valence-corrected chi connectivity index (χ4v) is 1.06. The van der Waals surface area contributed by atoms with Crippen LogP contribution in [-0.2, 0) is 4.74 Å². The number of hydrogen-bond donors (Lipinski definition) is 1. The molecule has 0 aromatic rings. The minimum Gasteiger partial charge on any atom is -0.368 e. The van der Waals surface area contributed by atoms with E-state index in [0.29, 0.717) is 0 Å². The summed E-state index contributed by atoms with van der Waals surface area (Å²) in [4.78, 5) is 0. The highest BCUT2D eigenvalue weighted by Crippen LogP contribution is 2.04. The zero-order valence-electron chi connectivity index (χ0n) is 7.68. The average Bonchev–Trinajstić information content (AvgIpc) is 1.96. The van der Waals surface area contributed by atoms with Gasteiger partial charge in [-0.15, -0.1) is 12.6 Å². The quantitative estimate of drug-likeness (QED) is 0.356. The summed E-state index contributed by atoms with van der Waals surface area (Å²) in [5.74, 6) is 0. The van der Waals surface area contributed by atoms with Gasteiger partial charge in [-0.05, 0) is 13.3 Å². The molecule has 0 saturated carbocycles. The first-order chi connectivity index (χ1) is 5.27. The zero-order chi connectivity index (χ0) is 8.53. The summed E-state index contributed by atoms with van der Waals surface area (Å²) in [5.41, 5.74) is 0.0983. The normalized spacial score (nSPS) is 13.4. The maximum absolute atomic E-state index is 5.29. The fraction of sp³-hybridized carbons (Fsp3) is 1.00. The molecule has 1 atom stereocenters. The van der Waals surface area contributed by atoms with Crippen LogP contribution in [0.25, 0.3) is 0 Å². The molecule has 0 aliphatic carbocycles. The summed E-state index contributed by atoms with van der Waals surface area (Å²) >= 11 is 4.12. The predicted molar refractivity (Wildman–Crippen MR) is 53.2 cm³/mol. The van der Waals surface area contributed by atoms with Crippen LogP contribution in [-0.4, -0.2) is 12.0 Å². The summed E-state index contributed by atoms with van der Waals surface area (Å²) < 4.78 is 5.29. The minimum absolute atomic E-state index is 0.0983. The number of unbranched alkanes of at least 4 members (excludes halogenated alkanes) is 4. The SMILES string of the molecule is CCCCCCCOC(C)S. The molecule has 0 heterocycles. The first-order valence-corrected chi connectivity index (χ1v) is 5.08. The predicted octanol–water partition coefficient (Wildman–Crippen LogP) is 3.25. The summed E-state index contributed by atoms with van der Waals surface area (Å²) in [6, 6.07) is 0. The first kappa shape index (κ1) is 11.3. The van der Waals surface area contributed by atoms with Crippen molar-refractivity contribution in [2.45, 2.75) is 51.4 Å². The first-order valence-electron chi connectivity index (χ1n) is 4.57. The lowest BCUT2D eigenvalue weighted by Crippen LogP contribution is -2.00. The summed E-state index contributed by atoms with van der Waals surface area (Å²) in [6.45, 7) is 5.05. The van der Waals surface area contributed by atoms with Crippen molar-refractivity contribution >= 4 is 12.6 Å². The van der Waals surface area contributed by atoms with E-state index in [2.05, 4.69) is 19.6 Å². The molecular formula is C9H20OS. The largest absolute Gasteiger partial charge is 0.368 e.